The molecule has 0 radical (unpaired) electrons. The van der Waals surface area contributed by atoms with Crippen LogP contribution in [0.2, 0.25) is 0 Å². The van der Waals surface area contributed by atoms with Gasteiger partial charge in [-0.05, 0) is 62.6 Å². The number of fused-ring (bicyclic) bond motifs is 1. The number of anilines is 2. The van der Waals surface area contributed by atoms with Gasteiger partial charge < -0.3 is 10.2 Å². The number of hydrogen-bond acceptors (Lipinski definition) is 5. The number of carbonyl (C=O) groups is 2. The predicted octanol–water partition coefficient (Wildman–Crippen LogP) is 3.98. The van der Waals surface area contributed by atoms with E-state index in [1.165, 1.54) is 22.9 Å². The molecule has 0 spiro atoms. The highest BCUT2D eigenvalue weighted by molar-refractivity contribution is 8.15. The van der Waals surface area contributed by atoms with Crippen LogP contribution in [0.15, 0.2) is 41.4 Å². The lowest BCUT2D eigenvalue weighted by Crippen LogP contribution is -2.46. The average Bonchev–Trinajstić information content (AvgIpc) is 2.98. The highest BCUT2D eigenvalue weighted by Gasteiger charge is 2.41. The van der Waals surface area contributed by atoms with Crippen LogP contribution in [0.4, 0.5) is 11.4 Å². The largest absolute Gasteiger partial charge is 0.334 e. The van der Waals surface area contributed by atoms with E-state index >= 15 is 0 Å². The molecule has 30 heavy (non-hydrogen) atoms. The van der Waals surface area contributed by atoms with Gasteiger partial charge in [-0.2, -0.15) is 0 Å². The number of nitrogens with one attached hydrogen (secondary N) is 1. The lowest BCUT2D eigenvalue weighted by atomic mass is 10.1. The Labute approximate surface area is 181 Å². The summed E-state index contributed by atoms with van der Waals surface area (Å²) in [7, 11) is 0. The molecule has 1 N–H and O–H groups in total. The summed E-state index contributed by atoms with van der Waals surface area (Å²) in [5, 5.41) is 3.22. The topological polar surface area (TPSA) is 65.0 Å². The highest BCUT2D eigenvalue weighted by atomic mass is 32.2. The maximum Gasteiger partial charge on any atom is 0.244 e. The fraction of sp³-hybridized carbons (Fsp3) is 0.348. The van der Waals surface area contributed by atoms with Crippen LogP contribution in [-0.2, 0) is 9.59 Å². The Kier molecular flexibility index (Phi) is 5.56. The maximum absolute atomic E-state index is 13.0. The van der Waals surface area contributed by atoms with Gasteiger partial charge in [-0.25, -0.2) is 4.99 Å². The third kappa shape index (κ3) is 4.21. The van der Waals surface area contributed by atoms with Crippen molar-refractivity contribution in [2.45, 2.75) is 39.4 Å². The van der Waals surface area contributed by atoms with E-state index in [0.717, 1.165) is 22.5 Å². The summed E-state index contributed by atoms with van der Waals surface area (Å²) in [5.41, 5.74) is 6.38. The molecule has 0 saturated carbocycles. The molecule has 2 heterocycles. The number of amides is 2. The minimum absolute atomic E-state index is 0.0522. The second-order valence-electron chi connectivity index (χ2n) is 8.05. The van der Waals surface area contributed by atoms with E-state index < -0.39 is 5.25 Å². The number of aliphatic imine (C=N–C) groups is 1. The van der Waals surface area contributed by atoms with Gasteiger partial charge in [0.1, 0.15) is 18.6 Å². The molecule has 0 aliphatic carbocycles. The number of aryl methyl sites for hydroxylation is 4. The van der Waals surface area contributed by atoms with Gasteiger partial charge >= 0.3 is 0 Å². The Hall–Kier alpha value is -2.80. The molecule has 6 nitrogen and oxygen atoms in total. The summed E-state index contributed by atoms with van der Waals surface area (Å²) >= 11 is 1.39. The smallest absolute Gasteiger partial charge is 0.244 e. The molecule has 7 heteroatoms. The molecular weight excluding hydrogens is 396 g/mol. The van der Waals surface area contributed by atoms with Crippen LogP contribution >= 0.6 is 11.8 Å². The van der Waals surface area contributed by atoms with Crippen LogP contribution < -0.4 is 10.2 Å². The molecule has 2 aromatic carbocycles. The average molecular weight is 423 g/mol. The van der Waals surface area contributed by atoms with Crippen molar-refractivity contribution < 1.29 is 9.59 Å². The van der Waals surface area contributed by atoms with Crippen molar-refractivity contribution in [3.8, 4) is 0 Å². The minimum Gasteiger partial charge on any atom is -0.334 e. The summed E-state index contributed by atoms with van der Waals surface area (Å²) < 4.78 is 0. The quantitative estimate of drug-likeness (QED) is 0.809. The van der Waals surface area contributed by atoms with E-state index in [2.05, 4.69) is 47.3 Å². The fourth-order valence-corrected chi connectivity index (χ4v) is 5.00. The van der Waals surface area contributed by atoms with Crippen molar-refractivity contribution in [3.63, 3.8) is 0 Å². The van der Waals surface area contributed by atoms with Crippen molar-refractivity contribution in [1.82, 2.24) is 4.90 Å². The molecule has 1 fully saturated rings. The first-order valence-electron chi connectivity index (χ1n) is 10.0. The van der Waals surface area contributed by atoms with Gasteiger partial charge in [-0.1, -0.05) is 35.5 Å². The van der Waals surface area contributed by atoms with Gasteiger partial charge in [0.05, 0.1) is 0 Å². The lowest BCUT2D eigenvalue weighted by Gasteiger charge is -2.32. The summed E-state index contributed by atoms with van der Waals surface area (Å²) in [6.07, 6.45) is 0.135. The first kappa shape index (κ1) is 20.5. The van der Waals surface area contributed by atoms with Gasteiger partial charge in [0.15, 0.2) is 5.17 Å². The van der Waals surface area contributed by atoms with Crippen LogP contribution in [0.1, 0.15) is 28.7 Å². The summed E-state index contributed by atoms with van der Waals surface area (Å²) in [4.78, 5) is 33.9. The molecule has 1 saturated heterocycles. The second-order valence-corrected chi connectivity index (χ2v) is 9.22. The van der Waals surface area contributed by atoms with Crippen molar-refractivity contribution in [1.29, 1.82) is 0 Å². The SMILES string of the molecule is Cc1cc(C)cc(N2CN=C3S[C@@H](CC(=O)Nc4ccc(C)cc4C)C(=O)N3C2)c1. The van der Waals surface area contributed by atoms with Crippen molar-refractivity contribution in [3.05, 3.63) is 58.7 Å². The molecule has 4 rings (SSSR count). The third-order valence-corrected chi connectivity index (χ3v) is 6.52. The van der Waals surface area contributed by atoms with Crippen molar-refractivity contribution in [2.24, 2.45) is 4.99 Å². The van der Waals surface area contributed by atoms with Gasteiger partial charge in [0, 0.05) is 17.8 Å². The number of carbonyl (C=O) groups excluding carboxylic acids is 2. The normalized spacial score (nSPS) is 18.3. The van der Waals surface area contributed by atoms with E-state index in [9.17, 15) is 9.59 Å². The zero-order valence-electron chi connectivity index (χ0n) is 17.7. The molecule has 0 bridgehead atoms. The number of hydrogen-bond donors (Lipinski definition) is 1. The van der Waals surface area contributed by atoms with Gasteiger partial charge in [0.2, 0.25) is 11.8 Å². The predicted molar refractivity (Wildman–Crippen MR) is 123 cm³/mol. The van der Waals surface area contributed by atoms with Gasteiger partial charge in [0.25, 0.3) is 0 Å². The molecule has 0 unspecified atom stereocenters. The molecule has 156 valence electrons. The standard InChI is InChI=1S/C23H26N4O2S/c1-14-5-6-19(17(4)8-14)25-21(28)11-20-22(29)27-13-26(12-24-23(27)30-20)18-9-15(2)7-16(3)10-18/h5-10,20H,11-13H2,1-4H3,(H,25,28)/t20-/m0/s1. The molecule has 2 aliphatic heterocycles. The summed E-state index contributed by atoms with van der Waals surface area (Å²) in [6, 6.07) is 12.2. The van der Waals surface area contributed by atoms with E-state index in [4.69, 9.17) is 0 Å². The molecule has 1 atom stereocenters. The van der Waals surface area contributed by atoms with Crippen LogP contribution in [0, 0.1) is 27.7 Å². The van der Waals surface area contributed by atoms with Crippen LogP contribution in [0.5, 0.6) is 0 Å². The Morgan fingerprint density at radius 3 is 2.53 bits per heavy atom. The molecule has 2 aliphatic rings. The van der Waals surface area contributed by atoms with E-state index in [1.54, 1.807) is 4.90 Å². The zero-order valence-corrected chi connectivity index (χ0v) is 18.5. The molecule has 0 aromatic heterocycles. The Balaban J connectivity index is 1.42. The number of rotatable bonds is 4. The van der Waals surface area contributed by atoms with Crippen molar-refractivity contribution >= 4 is 40.1 Å². The number of amidine groups is 1. The first-order valence-corrected chi connectivity index (χ1v) is 10.9. The van der Waals surface area contributed by atoms with Crippen LogP contribution in [0.25, 0.3) is 0 Å². The Morgan fingerprint density at radius 2 is 1.83 bits per heavy atom. The Morgan fingerprint density at radius 1 is 1.10 bits per heavy atom. The van der Waals surface area contributed by atoms with Crippen LogP contribution in [-0.4, -0.2) is 40.5 Å². The number of nitrogens with zero attached hydrogens (tertiary/aromatic N) is 3. The first-order chi connectivity index (χ1) is 14.3. The highest BCUT2D eigenvalue weighted by Crippen LogP contribution is 2.33. The van der Waals surface area contributed by atoms with E-state index in [0.29, 0.717) is 18.5 Å². The minimum atomic E-state index is -0.436. The molecule has 2 amide bonds. The maximum atomic E-state index is 13.0. The molecule has 2 aromatic rings. The van der Waals surface area contributed by atoms with E-state index in [-0.39, 0.29) is 18.2 Å². The lowest BCUT2D eigenvalue weighted by molar-refractivity contribution is -0.128. The Bertz CT molecular complexity index is 1030. The van der Waals surface area contributed by atoms with Crippen molar-refractivity contribution in [2.75, 3.05) is 23.6 Å². The van der Waals surface area contributed by atoms with Gasteiger partial charge in [-0.15, -0.1) is 0 Å². The number of thioether (sulfide) groups is 1. The second kappa shape index (κ2) is 8.14. The van der Waals surface area contributed by atoms with Crippen LogP contribution in [0.3, 0.4) is 0 Å². The summed E-state index contributed by atoms with van der Waals surface area (Å²) in [5.74, 6) is -0.206. The third-order valence-electron chi connectivity index (χ3n) is 5.31. The fourth-order valence-electron chi connectivity index (χ4n) is 3.87. The van der Waals surface area contributed by atoms with E-state index in [1.807, 2.05) is 32.0 Å². The monoisotopic (exact) mass is 422 g/mol. The molecular formula is C23H26N4O2S. The zero-order chi connectivity index (χ0) is 21.4. The number of benzene rings is 2. The summed E-state index contributed by atoms with van der Waals surface area (Å²) in [6.45, 7) is 9.09. The van der Waals surface area contributed by atoms with Gasteiger partial charge in [-0.3, -0.25) is 14.5 Å².